The lowest BCUT2D eigenvalue weighted by Crippen LogP contribution is -2.24. The van der Waals surface area contributed by atoms with Gasteiger partial charge < -0.3 is 9.94 Å². The van der Waals surface area contributed by atoms with Crippen LogP contribution in [0, 0.1) is 11.3 Å². The third kappa shape index (κ3) is 3.72. The first-order chi connectivity index (χ1) is 7.23. The zero-order valence-corrected chi connectivity index (χ0v) is 9.55. The molecule has 2 atom stereocenters. The standard InChI is InChI=1S/C11H15NO.CH4O/c1-4-11(2)8-6-5-7-10(11)9-12-13-3;1-2/h4-10H,1H2,2-3H3;2H,1H3/b12-9+;. The number of nitrogens with zero attached hydrogens (tertiary/aromatic N) is 1. The predicted octanol–water partition coefficient (Wildman–Crippen LogP) is 2.16. The summed E-state index contributed by atoms with van der Waals surface area (Å²) >= 11 is 0. The van der Waals surface area contributed by atoms with Crippen molar-refractivity contribution < 1.29 is 9.94 Å². The second-order valence-electron chi connectivity index (χ2n) is 3.28. The minimum atomic E-state index is -0.0449. The van der Waals surface area contributed by atoms with E-state index in [9.17, 15) is 0 Å². The maximum atomic E-state index is 7.00. The molecule has 0 aromatic carbocycles. The second-order valence-corrected chi connectivity index (χ2v) is 3.28. The van der Waals surface area contributed by atoms with Crippen molar-refractivity contribution in [2.45, 2.75) is 6.92 Å². The third-order valence-electron chi connectivity index (χ3n) is 2.37. The summed E-state index contributed by atoms with van der Waals surface area (Å²) in [6.07, 6.45) is 12.0. The predicted molar refractivity (Wildman–Crippen MR) is 63.7 cm³/mol. The molecule has 15 heavy (non-hydrogen) atoms. The van der Waals surface area contributed by atoms with Gasteiger partial charge in [-0.05, 0) is 0 Å². The van der Waals surface area contributed by atoms with Gasteiger partial charge in [-0.25, -0.2) is 0 Å². The van der Waals surface area contributed by atoms with Crippen molar-refractivity contribution in [3.63, 3.8) is 0 Å². The van der Waals surface area contributed by atoms with Gasteiger partial charge in [0.25, 0.3) is 0 Å². The normalized spacial score (nSPS) is 28.4. The van der Waals surface area contributed by atoms with Gasteiger partial charge >= 0.3 is 0 Å². The zero-order valence-electron chi connectivity index (χ0n) is 9.55. The highest BCUT2D eigenvalue weighted by molar-refractivity contribution is 5.66. The molecule has 1 aliphatic carbocycles. The lowest BCUT2D eigenvalue weighted by atomic mass is 9.75. The van der Waals surface area contributed by atoms with Gasteiger partial charge in [0.2, 0.25) is 0 Å². The van der Waals surface area contributed by atoms with Crippen molar-refractivity contribution in [2.24, 2.45) is 16.5 Å². The topological polar surface area (TPSA) is 41.8 Å². The van der Waals surface area contributed by atoms with Crippen molar-refractivity contribution in [3.8, 4) is 0 Å². The molecule has 0 aromatic heterocycles. The lowest BCUT2D eigenvalue weighted by molar-refractivity contribution is 0.212. The molecule has 1 N–H and O–H groups in total. The summed E-state index contributed by atoms with van der Waals surface area (Å²) in [5, 5.41) is 10.8. The van der Waals surface area contributed by atoms with E-state index in [0.29, 0.717) is 0 Å². The Morgan fingerprint density at radius 2 is 2.13 bits per heavy atom. The third-order valence-corrected chi connectivity index (χ3v) is 2.37. The van der Waals surface area contributed by atoms with Crippen LogP contribution < -0.4 is 0 Å². The molecule has 1 rings (SSSR count). The number of aliphatic hydroxyl groups excluding tert-OH is 1. The SMILES string of the molecule is C=CC1(C)C=CC=CC1/C=N/OC.CO. The van der Waals surface area contributed by atoms with E-state index in [2.05, 4.69) is 35.6 Å². The summed E-state index contributed by atoms with van der Waals surface area (Å²) < 4.78 is 0. The van der Waals surface area contributed by atoms with Crippen LogP contribution in [0.1, 0.15) is 6.92 Å². The van der Waals surface area contributed by atoms with Gasteiger partial charge in [0.05, 0.1) is 6.21 Å². The number of oxime groups is 1. The number of aliphatic hydroxyl groups is 1. The van der Waals surface area contributed by atoms with E-state index in [1.165, 1.54) is 0 Å². The largest absolute Gasteiger partial charge is 0.400 e. The van der Waals surface area contributed by atoms with E-state index in [-0.39, 0.29) is 11.3 Å². The van der Waals surface area contributed by atoms with Crippen LogP contribution in [0.4, 0.5) is 0 Å². The minimum absolute atomic E-state index is 0.0449. The molecule has 0 spiro atoms. The summed E-state index contributed by atoms with van der Waals surface area (Å²) in [4.78, 5) is 4.66. The van der Waals surface area contributed by atoms with Gasteiger partial charge in [-0.3, -0.25) is 0 Å². The highest BCUT2D eigenvalue weighted by atomic mass is 16.6. The lowest BCUT2D eigenvalue weighted by Gasteiger charge is -2.28. The Morgan fingerprint density at radius 3 is 2.67 bits per heavy atom. The van der Waals surface area contributed by atoms with Crippen LogP contribution in [0.25, 0.3) is 0 Å². The highest BCUT2D eigenvalue weighted by Crippen LogP contribution is 2.32. The second kappa shape index (κ2) is 7.01. The summed E-state index contributed by atoms with van der Waals surface area (Å²) in [6, 6.07) is 0. The maximum Gasteiger partial charge on any atom is 0.106 e. The first-order valence-corrected chi connectivity index (χ1v) is 4.74. The molecule has 0 aliphatic heterocycles. The Labute approximate surface area is 91.4 Å². The van der Waals surface area contributed by atoms with Crippen LogP contribution in [0.5, 0.6) is 0 Å². The van der Waals surface area contributed by atoms with E-state index in [1.54, 1.807) is 13.3 Å². The first-order valence-electron chi connectivity index (χ1n) is 4.74. The summed E-state index contributed by atoms with van der Waals surface area (Å²) in [6.45, 7) is 5.94. The van der Waals surface area contributed by atoms with Crippen LogP contribution in [-0.2, 0) is 4.84 Å². The number of allylic oxidation sites excluding steroid dienone is 5. The molecule has 0 bridgehead atoms. The van der Waals surface area contributed by atoms with Crippen molar-refractivity contribution in [3.05, 3.63) is 37.0 Å². The molecule has 3 nitrogen and oxygen atoms in total. The number of rotatable bonds is 3. The van der Waals surface area contributed by atoms with E-state index >= 15 is 0 Å². The fourth-order valence-electron chi connectivity index (χ4n) is 1.31. The average Bonchev–Trinajstić information content (AvgIpc) is 2.31. The van der Waals surface area contributed by atoms with Crippen molar-refractivity contribution >= 4 is 6.21 Å². The summed E-state index contributed by atoms with van der Waals surface area (Å²) in [5.41, 5.74) is -0.0449. The van der Waals surface area contributed by atoms with Crippen molar-refractivity contribution in [2.75, 3.05) is 14.2 Å². The average molecular weight is 209 g/mol. The molecule has 84 valence electrons. The molecule has 0 saturated heterocycles. The van der Waals surface area contributed by atoms with Crippen LogP contribution in [0.15, 0.2) is 42.1 Å². The minimum Gasteiger partial charge on any atom is -0.400 e. The quantitative estimate of drug-likeness (QED) is 0.439. The highest BCUT2D eigenvalue weighted by Gasteiger charge is 2.26. The number of hydrogen-bond donors (Lipinski definition) is 1. The first kappa shape index (κ1) is 13.7. The van der Waals surface area contributed by atoms with E-state index in [4.69, 9.17) is 5.11 Å². The van der Waals surface area contributed by atoms with E-state index in [1.807, 2.05) is 18.2 Å². The van der Waals surface area contributed by atoms with Gasteiger partial charge in [-0.2, -0.15) is 0 Å². The van der Waals surface area contributed by atoms with Gasteiger partial charge in [-0.1, -0.05) is 42.5 Å². The fourth-order valence-corrected chi connectivity index (χ4v) is 1.31. The van der Waals surface area contributed by atoms with Crippen LogP contribution in [0.3, 0.4) is 0 Å². The monoisotopic (exact) mass is 209 g/mol. The van der Waals surface area contributed by atoms with Gasteiger partial charge in [0, 0.05) is 18.4 Å². The van der Waals surface area contributed by atoms with Crippen LogP contribution in [0.2, 0.25) is 0 Å². The van der Waals surface area contributed by atoms with E-state index in [0.717, 1.165) is 7.11 Å². The molecule has 0 amide bonds. The summed E-state index contributed by atoms with van der Waals surface area (Å²) in [5.74, 6) is 0.231. The zero-order chi connectivity index (χ0) is 11.7. The Hall–Kier alpha value is -1.35. The fraction of sp³-hybridized carbons (Fsp3) is 0.417. The molecule has 0 radical (unpaired) electrons. The van der Waals surface area contributed by atoms with Crippen molar-refractivity contribution in [1.29, 1.82) is 0 Å². The molecule has 0 saturated carbocycles. The van der Waals surface area contributed by atoms with E-state index < -0.39 is 0 Å². The number of hydrogen-bond acceptors (Lipinski definition) is 3. The molecule has 2 unspecified atom stereocenters. The maximum absolute atomic E-state index is 7.00. The molecule has 0 heterocycles. The molecule has 3 heteroatoms. The van der Waals surface area contributed by atoms with Gasteiger partial charge in [-0.15, -0.1) is 6.58 Å². The molecule has 1 aliphatic rings. The van der Waals surface area contributed by atoms with Crippen LogP contribution in [-0.4, -0.2) is 25.5 Å². The Balaban J connectivity index is 0.000000921. The van der Waals surface area contributed by atoms with Gasteiger partial charge in [0.15, 0.2) is 0 Å². The van der Waals surface area contributed by atoms with Gasteiger partial charge in [0.1, 0.15) is 7.11 Å². The molecular weight excluding hydrogens is 190 g/mol. The Bertz CT molecular complexity index is 269. The molecule has 0 aromatic rings. The molecular formula is C12H19NO2. The Kier molecular flexibility index (Phi) is 6.38. The van der Waals surface area contributed by atoms with Crippen LogP contribution >= 0.6 is 0 Å². The summed E-state index contributed by atoms with van der Waals surface area (Å²) in [7, 11) is 2.55. The Morgan fingerprint density at radius 1 is 1.47 bits per heavy atom. The molecule has 0 fully saturated rings. The smallest absolute Gasteiger partial charge is 0.106 e. The van der Waals surface area contributed by atoms with Crippen molar-refractivity contribution in [1.82, 2.24) is 0 Å².